The fourth-order valence-corrected chi connectivity index (χ4v) is 3.66. The van der Waals surface area contributed by atoms with Crippen LogP contribution in [0.3, 0.4) is 0 Å². The number of carbonyl (C=O) groups excluding carboxylic acids is 3. The molecule has 0 saturated carbocycles. The van der Waals surface area contributed by atoms with Gasteiger partial charge in [-0.15, -0.1) is 10.2 Å². The molecule has 26 heavy (non-hydrogen) atoms. The molecule has 2 rings (SSSR count). The number of halogens is 1. The van der Waals surface area contributed by atoms with E-state index in [1.54, 1.807) is 31.2 Å². The van der Waals surface area contributed by atoms with Crippen LogP contribution in [-0.2, 0) is 14.3 Å². The number of nitrogens with one attached hydrogen (secondary N) is 2. The molecule has 8 nitrogen and oxygen atoms in total. The zero-order valence-corrected chi connectivity index (χ0v) is 16.9. The van der Waals surface area contributed by atoms with Crippen molar-refractivity contribution < 1.29 is 19.1 Å². The predicted octanol–water partition coefficient (Wildman–Crippen LogP) is 2.32. The highest BCUT2D eigenvalue weighted by molar-refractivity contribution is 9.10. The second-order valence-corrected chi connectivity index (χ2v) is 7.82. The number of hydrogen-bond acceptors (Lipinski definition) is 8. The molecule has 2 amide bonds. The summed E-state index contributed by atoms with van der Waals surface area (Å²) in [6.07, 6.45) is 0. The SMILES string of the molecule is CCOC(=O)CSc1nnc(NC(=O)CNC(=O)c2cccc(Br)c2)s1. The maximum atomic E-state index is 12.0. The van der Waals surface area contributed by atoms with Crippen molar-refractivity contribution in [1.29, 1.82) is 0 Å². The number of thioether (sulfide) groups is 1. The molecule has 0 saturated heterocycles. The third-order valence-electron chi connectivity index (χ3n) is 2.77. The molecule has 0 spiro atoms. The molecule has 1 heterocycles. The van der Waals surface area contributed by atoms with Crippen LogP contribution >= 0.6 is 39.0 Å². The lowest BCUT2D eigenvalue weighted by molar-refractivity contribution is -0.139. The number of carbonyl (C=O) groups is 3. The Morgan fingerprint density at radius 1 is 1.31 bits per heavy atom. The largest absolute Gasteiger partial charge is 0.465 e. The molecule has 138 valence electrons. The van der Waals surface area contributed by atoms with Crippen LogP contribution in [0, 0.1) is 0 Å². The minimum Gasteiger partial charge on any atom is -0.465 e. The van der Waals surface area contributed by atoms with Gasteiger partial charge < -0.3 is 10.1 Å². The summed E-state index contributed by atoms with van der Waals surface area (Å²) >= 11 is 5.60. The number of nitrogens with zero attached hydrogens (tertiary/aromatic N) is 2. The zero-order chi connectivity index (χ0) is 18.9. The third kappa shape index (κ3) is 6.73. The summed E-state index contributed by atoms with van der Waals surface area (Å²) in [6.45, 7) is 1.86. The van der Waals surface area contributed by atoms with Crippen molar-refractivity contribution >= 4 is 61.9 Å². The van der Waals surface area contributed by atoms with Crippen molar-refractivity contribution in [3.8, 4) is 0 Å². The van der Waals surface area contributed by atoms with E-state index in [2.05, 4.69) is 36.8 Å². The molecule has 2 N–H and O–H groups in total. The highest BCUT2D eigenvalue weighted by Gasteiger charge is 2.12. The molecule has 0 atom stereocenters. The number of esters is 1. The van der Waals surface area contributed by atoms with Crippen LogP contribution in [0.4, 0.5) is 5.13 Å². The van der Waals surface area contributed by atoms with Gasteiger partial charge in [-0.3, -0.25) is 19.7 Å². The summed E-state index contributed by atoms with van der Waals surface area (Å²) in [4.78, 5) is 35.2. The van der Waals surface area contributed by atoms with Crippen LogP contribution in [-0.4, -0.2) is 46.9 Å². The Morgan fingerprint density at radius 2 is 2.12 bits per heavy atom. The summed E-state index contributed by atoms with van der Waals surface area (Å²) in [5.41, 5.74) is 0.445. The van der Waals surface area contributed by atoms with E-state index in [4.69, 9.17) is 4.74 Å². The number of aromatic nitrogens is 2. The van der Waals surface area contributed by atoms with Gasteiger partial charge in [-0.1, -0.05) is 45.1 Å². The molecule has 0 bridgehead atoms. The Labute approximate surface area is 166 Å². The third-order valence-corrected chi connectivity index (χ3v) is 5.21. The number of rotatable bonds is 8. The Kier molecular flexibility index (Phi) is 8.01. The van der Waals surface area contributed by atoms with Crippen molar-refractivity contribution in [1.82, 2.24) is 15.5 Å². The Bertz CT molecular complexity index is 799. The number of amides is 2. The lowest BCUT2D eigenvalue weighted by atomic mass is 10.2. The second kappa shape index (κ2) is 10.2. The van der Waals surface area contributed by atoms with Crippen molar-refractivity contribution in [2.45, 2.75) is 11.3 Å². The van der Waals surface area contributed by atoms with Crippen molar-refractivity contribution in [3.05, 3.63) is 34.3 Å². The van der Waals surface area contributed by atoms with E-state index >= 15 is 0 Å². The van der Waals surface area contributed by atoms with E-state index < -0.39 is 5.91 Å². The molecule has 1 aromatic heterocycles. The van der Waals surface area contributed by atoms with Crippen LogP contribution < -0.4 is 10.6 Å². The fraction of sp³-hybridized carbons (Fsp3) is 0.267. The van der Waals surface area contributed by atoms with Crippen LogP contribution in [0.25, 0.3) is 0 Å². The van der Waals surface area contributed by atoms with Crippen molar-refractivity contribution in [2.75, 3.05) is 24.2 Å². The summed E-state index contributed by atoms with van der Waals surface area (Å²) in [6, 6.07) is 6.84. The van der Waals surface area contributed by atoms with Crippen molar-refractivity contribution in [2.24, 2.45) is 0 Å². The Morgan fingerprint density at radius 3 is 2.85 bits per heavy atom. The maximum Gasteiger partial charge on any atom is 0.316 e. The lowest BCUT2D eigenvalue weighted by Gasteiger charge is -2.05. The van der Waals surface area contributed by atoms with E-state index in [-0.39, 0.29) is 29.3 Å². The van der Waals surface area contributed by atoms with Crippen LogP contribution in [0.5, 0.6) is 0 Å². The lowest BCUT2D eigenvalue weighted by Crippen LogP contribution is -2.32. The first kappa shape index (κ1) is 20.3. The summed E-state index contributed by atoms with van der Waals surface area (Å²) in [7, 11) is 0. The normalized spacial score (nSPS) is 10.2. The molecule has 2 aromatic rings. The van der Waals surface area contributed by atoms with Crippen LogP contribution in [0.1, 0.15) is 17.3 Å². The second-order valence-electron chi connectivity index (χ2n) is 4.71. The molecule has 1 aromatic carbocycles. The number of anilines is 1. The number of hydrogen-bond donors (Lipinski definition) is 2. The van der Waals surface area contributed by atoms with Gasteiger partial charge in [0.2, 0.25) is 11.0 Å². The molecule has 0 unspecified atom stereocenters. The highest BCUT2D eigenvalue weighted by Crippen LogP contribution is 2.25. The monoisotopic (exact) mass is 458 g/mol. The topological polar surface area (TPSA) is 110 Å². The molecular weight excluding hydrogens is 444 g/mol. The number of ether oxygens (including phenoxy) is 1. The minimum absolute atomic E-state index is 0.124. The molecule has 0 aliphatic heterocycles. The summed E-state index contributed by atoms with van der Waals surface area (Å²) in [5.74, 6) is -0.997. The summed E-state index contributed by atoms with van der Waals surface area (Å²) < 4.78 is 6.13. The van der Waals surface area contributed by atoms with Gasteiger partial charge in [0, 0.05) is 10.0 Å². The first-order chi connectivity index (χ1) is 12.5. The van der Waals surface area contributed by atoms with Gasteiger partial charge >= 0.3 is 5.97 Å². The Balaban J connectivity index is 1.77. The molecule has 11 heteroatoms. The highest BCUT2D eigenvalue weighted by atomic mass is 79.9. The molecule has 0 fully saturated rings. The van der Waals surface area contributed by atoms with Crippen LogP contribution in [0.15, 0.2) is 33.1 Å². The van der Waals surface area contributed by atoms with Crippen molar-refractivity contribution in [3.63, 3.8) is 0 Å². The van der Waals surface area contributed by atoms with E-state index in [0.717, 1.165) is 15.8 Å². The molecular formula is C15H15BrN4O4S2. The van der Waals surface area contributed by atoms with Gasteiger partial charge in [-0.05, 0) is 25.1 Å². The van der Waals surface area contributed by atoms with Gasteiger partial charge in [-0.25, -0.2) is 0 Å². The van der Waals surface area contributed by atoms with E-state index in [1.807, 2.05) is 0 Å². The average molecular weight is 459 g/mol. The van der Waals surface area contributed by atoms with E-state index in [0.29, 0.717) is 16.5 Å². The fourth-order valence-electron chi connectivity index (χ4n) is 1.70. The summed E-state index contributed by atoms with van der Waals surface area (Å²) in [5, 5.41) is 13.1. The zero-order valence-electron chi connectivity index (χ0n) is 13.7. The smallest absolute Gasteiger partial charge is 0.316 e. The molecule has 0 aliphatic rings. The first-order valence-corrected chi connectivity index (χ1v) is 10.0. The Hall–Kier alpha value is -1.98. The quantitative estimate of drug-likeness (QED) is 0.354. The average Bonchev–Trinajstić information content (AvgIpc) is 3.05. The maximum absolute atomic E-state index is 12.0. The number of benzene rings is 1. The van der Waals surface area contributed by atoms with Gasteiger partial charge in [-0.2, -0.15) is 0 Å². The predicted molar refractivity (Wildman–Crippen MR) is 102 cm³/mol. The van der Waals surface area contributed by atoms with Crippen LogP contribution in [0.2, 0.25) is 0 Å². The molecule has 0 aliphatic carbocycles. The molecule has 0 radical (unpaired) electrons. The van der Waals surface area contributed by atoms with E-state index in [1.165, 1.54) is 11.8 Å². The van der Waals surface area contributed by atoms with Gasteiger partial charge in [0.1, 0.15) is 0 Å². The first-order valence-electron chi connectivity index (χ1n) is 7.43. The van der Waals surface area contributed by atoms with Gasteiger partial charge in [0.15, 0.2) is 4.34 Å². The van der Waals surface area contributed by atoms with Gasteiger partial charge in [0.05, 0.1) is 18.9 Å². The standard InChI is InChI=1S/C15H15BrN4O4S2/c1-2-24-12(22)8-25-15-20-19-14(26-15)18-11(21)7-17-13(23)9-4-3-5-10(16)6-9/h3-6H,2,7-8H2,1H3,(H,17,23)(H,18,19,21). The van der Waals surface area contributed by atoms with E-state index in [9.17, 15) is 14.4 Å². The van der Waals surface area contributed by atoms with Gasteiger partial charge in [0.25, 0.3) is 5.91 Å². The minimum atomic E-state index is -0.425.